The van der Waals surface area contributed by atoms with Gasteiger partial charge in [-0.3, -0.25) is 0 Å². The second-order valence-electron chi connectivity index (χ2n) is 4.90. The van der Waals surface area contributed by atoms with Gasteiger partial charge in [0.1, 0.15) is 6.10 Å². The van der Waals surface area contributed by atoms with Crippen LogP contribution >= 0.6 is 0 Å². The van der Waals surface area contributed by atoms with E-state index in [1.165, 1.54) is 7.11 Å². The van der Waals surface area contributed by atoms with Crippen LogP contribution in [0.15, 0.2) is 66.7 Å². The van der Waals surface area contributed by atoms with Crippen LogP contribution < -0.4 is 0 Å². The van der Waals surface area contributed by atoms with Crippen molar-refractivity contribution in [1.82, 2.24) is 0 Å². The lowest BCUT2D eigenvalue weighted by Crippen LogP contribution is -2.25. The van der Waals surface area contributed by atoms with Crippen LogP contribution in [0.2, 0.25) is 0 Å². The number of carbonyl (C=O) groups excluding carboxylic acids is 1. The summed E-state index contributed by atoms with van der Waals surface area (Å²) in [4.78, 5) is 12.1. The molecule has 3 heteroatoms. The lowest BCUT2D eigenvalue weighted by Gasteiger charge is -2.09. The van der Waals surface area contributed by atoms with Crippen LogP contribution in [0.4, 0.5) is 0 Å². The largest absolute Gasteiger partial charge is 0.467 e. The zero-order chi connectivity index (χ0) is 14.7. The molecule has 0 saturated carbocycles. The molecular formula is C18H16O3. The fourth-order valence-corrected chi connectivity index (χ4v) is 2.46. The summed E-state index contributed by atoms with van der Waals surface area (Å²) < 4.78 is 10.6. The quantitative estimate of drug-likeness (QED) is 0.638. The van der Waals surface area contributed by atoms with E-state index in [1.807, 2.05) is 72.8 Å². The van der Waals surface area contributed by atoms with Gasteiger partial charge in [0, 0.05) is 0 Å². The van der Waals surface area contributed by atoms with Gasteiger partial charge in [0.05, 0.1) is 7.11 Å². The van der Waals surface area contributed by atoms with Crippen LogP contribution in [0, 0.1) is 0 Å². The molecule has 0 N–H and O–H groups in total. The molecule has 1 saturated heterocycles. The number of hydrogen-bond donors (Lipinski definition) is 0. The third-order valence-electron chi connectivity index (χ3n) is 3.61. The second kappa shape index (κ2) is 5.54. The summed E-state index contributed by atoms with van der Waals surface area (Å²) in [6.45, 7) is 0. The predicted octanol–water partition coefficient (Wildman–Crippen LogP) is 3.17. The Morgan fingerprint density at radius 1 is 1.10 bits per heavy atom. The first kappa shape index (κ1) is 13.6. The average molecular weight is 280 g/mol. The van der Waals surface area contributed by atoms with Crippen molar-refractivity contribution in [3.05, 3.63) is 77.9 Å². The molecule has 0 radical (unpaired) electrons. The fraction of sp³-hybridized carbons (Fsp3) is 0.167. The second-order valence-corrected chi connectivity index (χ2v) is 4.90. The van der Waals surface area contributed by atoms with Gasteiger partial charge in [-0.2, -0.15) is 0 Å². The van der Waals surface area contributed by atoms with E-state index in [2.05, 4.69) is 0 Å². The number of rotatable bonds is 4. The SMILES string of the molecule is COC(=O)[C@@]1(c2ccccc2)O[C@H]1/C=C/c1ccccc1. The lowest BCUT2D eigenvalue weighted by molar-refractivity contribution is -0.147. The molecule has 0 bridgehead atoms. The first-order chi connectivity index (χ1) is 10.3. The highest BCUT2D eigenvalue weighted by molar-refractivity contribution is 5.86. The highest BCUT2D eigenvalue weighted by Crippen LogP contribution is 2.48. The number of hydrogen-bond acceptors (Lipinski definition) is 3. The molecule has 3 rings (SSSR count). The molecule has 106 valence electrons. The normalized spacial score (nSPS) is 24.0. The molecule has 1 heterocycles. The van der Waals surface area contributed by atoms with Crippen LogP contribution in [-0.4, -0.2) is 19.2 Å². The Hall–Kier alpha value is -2.39. The van der Waals surface area contributed by atoms with Crippen LogP contribution in [0.5, 0.6) is 0 Å². The van der Waals surface area contributed by atoms with Gasteiger partial charge >= 0.3 is 5.97 Å². The van der Waals surface area contributed by atoms with E-state index in [1.54, 1.807) is 0 Å². The number of esters is 1. The molecule has 1 aliphatic heterocycles. The smallest absolute Gasteiger partial charge is 0.346 e. The summed E-state index contributed by atoms with van der Waals surface area (Å²) in [5, 5.41) is 0. The van der Waals surface area contributed by atoms with Gasteiger partial charge < -0.3 is 9.47 Å². The highest BCUT2D eigenvalue weighted by Gasteiger charge is 2.63. The minimum absolute atomic E-state index is 0.299. The van der Waals surface area contributed by atoms with E-state index in [0.717, 1.165) is 11.1 Å². The van der Waals surface area contributed by atoms with E-state index in [0.29, 0.717) is 0 Å². The van der Waals surface area contributed by atoms with Crippen LogP contribution in [0.3, 0.4) is 0 Å². The standard InChI is InChI=1S/C18H16O3/c1-20-17(19)18(15-10-6-3-7-11-15)16(21-18)13-12-14-8-4-2-5-9-14/h2-13,16H,1H3/b13-12+/t16-,18-/m0/s1. The molecular weight excluding hydrogens is 264 g/mol. The zero-order valence-corrected chi connectivity index (χ0v) is 11.7. The van der Waals surface area contributed by atoms with Crippen molar-refractivity contribution in [3.8, 4) is 0 Å². The Morgan fingerprint density at radius 3 is 2.33 bits per heavy atom. The van der Waals surface area contributed by atoms with Gasteiger partial charge in [-0.15, -0.1) is 0 Å². The number of benzene rings is 2. The monoisotopic (exact) mass is 280 g/mol. The number of ether oxygens (including phenoxy) is 2. The van der Waals surface area contributed by atoms with E-state index < -0.39 is 5.60 Å². The molecule has 0 aromatic heterocycles. The maximum atomic E-state index is 12.1. The van der Waals surface area contributed by atoms with Crippen molar-refractivity contribution in [3.63, 3.8) is 0 Å². The molecule has 2 atom stereocenters. The van der Waals surface area contributed by atoms with Gasteiger partial charge in [-0.1, -0.05) is 72.8 Å². The van der Waals surface area contributed by atoms with Crippen molar-refractivity contribution >= 4 is 12.0 Å². The first-order valence-electron chi connectivity index (χ1n) is 6.82. The van der Waals surface area contributed by atoms with Gasteiger partial charge in [0.25, 0.3) is 0 Å². The van der Waals surface area contributed by atoms with Gasteiger partial charge in [-0.05, 0) is 11.1 Å². The van der Waals surface area contributed by atoms with E-state index in [4.69, 9.17) is 9.47 Å². The Morgan fingerprint density at radius 2 is 1.71 bits per heavy atom. The van der Waals surface area contributed by atoms with Gasteiger partial charge in [0.2, 0.25) is 5.60 Å². The summed E-state index contributed by atoms with van der Waals surface area (Å²) >= 11 is 0. The van der Waals surface area contributed by atoms with E-state index >= 15 is 0 Å². The molecule has 2 aromatic carbocycles. The highest BCUT2D eigenvalue weighted by atomic mass is 16.7. The Labute approximate surface area is 123 Å². The van der Waals surface area contributed by atoms with Gasteiger partial charge in [-0.25, -0.2) is 4.79 Å². The summed E-state index contributed by atoms with van der Waals surface area (Å²) in [6.07, 6.45) is 3.56. The average Bonchev–Trinajstić information content (AvgIpc) is 3.30. The predicted molar refractivity (Wildman–Crippen MR) is 80.5 cm³/mol. The Kier molecular flexibility index (Phi) is 3.59. The fourth-order valence-electron chi connectivity index (χ4n) is 2.46. The molecule has 1 fully saturated rings. The van der Waals surface area contributed by atoms with Gasteiger partial charge in [0.15, 0.2) is 0 Å². The third kappa shape index (κ3) is 2.48. The van der Waals surface area contributed by atoms with Crippen LogP contribution in [0.1, 0.15) is 11.1 Å². The summed E-state index contributed by atoms with van der Waals surface area (Å²) in [7, 11) is 1.38. The minimum atomic E-state index is -0.999. The molecule has 0 amide bonds. The van der Waals surface area contributed by atoms with E-state index in [9.17, 15) is 4.79 Å². The van der Waals surface area contributed by atoms with Crippen molar-refractivity contribution in [2.24, 2.45) is 0 Å². The summed E-state index contributed by atoms with van der Waals surface area (Å²) in [5.41, 5.74) is 0.890. The van der Waals surface area contributed by atoms with Crippen LogP contribution in [-0.2, 0) is 19.9 Å². The Bertz CT molecular complexity index is 649. The molecule has 1 aliphatic rings. The summed E-state index contributed by atoms with van der Waals surface area (Å²) in [5.74, 6) is -0.364. The van der Waals surface area contributed by atoms with Crippen molar-refractivity contribution in [1.29, 1.82) is 0 Å². The molecule has 0 spiro atoms. The van der Waals surface area contributed by atoms with Crippen LogP contribution in [0.25, 0.3) is 6.08 Å². The maximum Gasteiger partial charge on any atom is 0.346 e. The summed E-state index contributed by atoms with van der Waals surface area (Å²) in [6, 6.07) is 19.4. The minimum Gasteiger partial charge on any atom is -0.467 e. The molecule has 0 unspecified atom stereocenters. The third-order valence-corrected chi connectivity index (χ3v) is 3.61. The number of carbonyl (C=O) groups is 1. The zero-order valence-electron chi connectivity index (χ0n) is 11.7. The molecule has 21 heavy (non-hydrogen) atoms. The van der Waals surface area contributed by atoms with Crippen molar-refractivity contribution in [2.45, 2.75) is 11.7 Å². The van der Waals surface area contributed by atoms with Crippen molar-refractivity contribution < 1.29 is 14.3 Å². The van der Waals surface area contributed by atoms with Crippen molar-refractivity contribution in [2.75, 3.05) is 7.11 Å². The number of methoxy groups -OCH3 is 1. The molecule has 0 aliphatic carbocycles. The molecule has 3 nitrogen and oxygen atoms in total. The van der Waals surface area contributed by atoms with E-state index in [-0.39, 0.29) is 12.1 Å². The topological polar surface area (TPSA) is 38.8 Å². The maximum absolute atomic E-state index is 12.1. The lowest BCUT2D eigenvalue weighted by atomic mass is 9.95. The molecule has 2 aromatic rings. The Balaban J connectivity index is 1.85. The first-order valence-corrected chi connectivity index (χ1v) is 6.82. The number of epoxide rings is 1.